The third-order valence-electron chi connectivity index (χ3n) is 6.54. The Morgan fingerprint density at radius 2 is 2.00 bits per heavy atom. The molecule has 120 valence electrons. The maximum Gasteiger partial charge on any atom is 0.0591 e. The molecule has 0 heterocycles. The Balaban J connectivity index is 1.69. The van der Waals surface area contributed by atoms with Crippen LogP contribution in [0.5, 0.6) is 0 Å². The van der Waals surface area contributed by atoms with E-state index in [-0.39, 0.29) is 11.5 Å². The molecule has 0 amide bonds. The van der Waals surface area contributed by atoms with E-state index >= 15 is 0 Å². The lowest BCUT2D eigenvalue weighted by Crippen LogP contribution is -2.40. The van der Waals surface area contributed by atoms with Crippen LogP contribution in [0.3, 0.4) is 0 Å². The molecule has 0 aromatic carbocycles. The van der Waals surface area contributed by atoms with Crippen LogP contribution in [0.2, 0.25) is 0 Å². The lowest BCUT2D eigenvalue weighted by molar-refractivity contribution is 0.00617. The molecule has 0 aromatic rings. The molecule has 2 saturated carbocycles. The summed E-state index contributed by atoms with van der Waals surface area (Å²) in [6.45, 7) is 6.24. The van der Waals surface area contributed by atoms with E-state index in [1.807, 2.05) is 13.8 Å². The second-order valence-corrected chi connectivity index (χ2v) is 8.78. The summed E-state index contributed by atoms with van der Waals surface area (Å²) >= 11 is 0. The molecule has 2 heteroatoms. The number of fused-ring (bicyclic) bond motifs is 1. The van der Waals surface area contributed by atoms with Gasteiger partial charge in [0, 0.05) is 0 Å². The van der Waals surface area contributed by atoms with Gasteiger partial charge in [0.05, 0.1) is 11.7 Å². The zero-order valence-corrected chi connectivity index (χ0v) is 14.0. The SMILES string of the molecule is CC(C)(O)CCCC1(C2=CCC3C(O)CCCC23C)CC1. The average molecular weight is 292 g/mol. The van der Waals surface area contributed by atoms with Gasteiger partial charge in [-0.25, -0.2) is 0 Å². The lowest BCUT2D eigenvalue weighted by atomic mass is 9.62. The Morgan fingerprint density at radius 3 is 2.62 bits per heavy atom. The van der Waals surface area contributed by atoms with Crippen molar-refractivity contribution in [2.24, 2.45) is 16.7 Å². The number of hydrogen-bond donors (Lipinski definition) is 2. The fourth-order valence-corrected chi connectivity index (χ4v) is 5.21. The van der Waals surface area contributed by atoms with Gasteiger partial charge in [0.2, 0.25) is 0 Å². The summed E-state index contributed by atoms with van der Waals surface area (Å²) in [5.41, 5.74) is 1.82. The van der Waals surface area contributed by atoms with Crippen LogP contribution in [0.4, 0.5) is 0 Å². The predicted octanol–water partition coefficient (Wildman–Crippen LogP) is 4.21. The van der Waals surface area contributed by atoms with E-state index < -0.39 is 5.60 Å². The summed E-state index contributed by atoms with van der Waals surface area (Å²) in [7, 11) is 0. The smallest absolute Gasteiger partial charge is 0.0591 e. The van der Waals surface area contributed by atoms with Crippen LogP contribution in [0.15, 0.2) is 11.6 Å². The molecular formula is C19H32O2. The molecule has 0 spiro atoms. The molecule has 0 aromatic heterocycles. The van der Waals surface area contributed by atoms with Crippen molar-refractivity contribution in [2.75, 3.05) is 0 Å². The molecule has 21 heavy (non-hydrogen) atoms. The third kappa shape index (κ3) is 2.82. The molecule has 3 aliphatic rings. The normalized spacial score (nSPS) is 38.0. The van der Waals surface area contributed by atoms with Crippen LogP contribution in [-0.2, 0) is 0 Å². The highest BCUT2D eigenvalue weighted by Gasteiger charge is 2.57. The molecule has 0 saturated heterocycles. The molecular weight excluding hydrogens is 260 g/mol. The molecule has 2 N–H and O–H groups in total. The van der Waals surface area contributed by atoms with Crippen LogP contribution in [0, 0.1) is 16.7 Å². The van der Waals surface area contributed by atoms with Crippen molar-refractivity contribution in [3.63, 3.8) is 0 Å². The van der Waals surface area contributed by atoms with Gasteiger partial charge in [-0.05, 0) is 88.4 Å². The maximum absolute atomic E-state index is 10.4. The minimum absolute atomic E-state index is 0.0929. The average Bonchev–Trinajstić information content (AvgIpc) is 3.03. The van der Waals surface area contributed by atoms with Crippen LogP contribution >= 0.6 is 0 Å². The molecule has 0 bridgehead atoms. The Labute approximate surface area is 129 Å². The van der Waals surface area contributed by atoms with Gasteiger partial charge in [0.1, 0.15) is 0 Å². The Kier molecular flexibility index (Phi) is 3.77. The van der Waals surface area contributed by atoms with Crippen LogP contribution in [-0.4, -0.2) is 21.9 Å². The predicted molar refractivity (Wildman–Crippen MR) is 86.0 cm³/mol. The van der Waals surface area contributed by atoms with E-state index in [0.717, 1.165) is 25.7 Å². The molecule has 2 fully saturated rings. The summed E-state index contributed by atoms with van der Waals surface area (Å²) < 4.78 is 0. The van der Waals surface area contributed by atoms with Crippen molar-refractivity contribution in [3.8, 4) is 0 Å². The minimum Gasteiger partial charge on any atom is -0.393 e. The molecule has 0 radical (unpaired) electrons. The summed E-state index contributed by atoms with van der Waals surface area (Å²) in [5.74, 6) is 0.466. The monoisotopic (exact) mass is 292 g/mol. The first-order valence-corrected chi connectivity index (χ1v) is 8.89. The number of aliphatic hydroxyl groups is 2. The van der Waals surface area contributed by atoms with Gasteiger partial charge in [0.25, 0.3) is 0 Å². The van der Waals surface area contributed by atoms with Gasteiger partial charge < -0.3 is 10.2 Å². The number of hydrogen-bond acceptors (Lipinski definition) is 2. The van der Waals surface area contributed by atoms with Gasteiger partial charge >= 0.3 is 0 Å². The van der Waals surface area contributed by atoms with Crippen molar-refractivity contribution in [3.05, 3.63) is 11.6 Å². The zero-order valence-electron chi connectivity index (χ0n) is 14.0. The van der Waals surface area contributed by atoms with Gasteiger partial charge in [-0.15, -0.1) is 0 Å². The summed E-state index contributed by atoms with van der Waals surface area (Å²) in [6.07, 6.45) is 12.8. The summed E-state index contributed by atoms with van der Waals surface area (Å²) in [6, 6.07) is 0. The second kappa shape index (κ2) is 5.09. The first kappa shape index (κ1) is 15.6. The van der Waals surface area contributed by atoms with E-state index in [1.165, 1.54) is 32.1 Å². The minimum atomic E-state index is -0.534. The molecule has 3 aliphatic carbocycles. The molecule has 3 atom stereocenters. The standard InChI is InChI=1S/C19H32O2/c1-17(2,21)9-5-11-19(12-13-19)16-8-7-14-15(20)6-4-10-18(14,16)3/h8,14-15,20-21H,4-7,9-13H2,1-3H3. The van der Waals surface area contributed by atoms with Gasteiger partial charge in [-0.2, -0.15) is 0 Å². The van der Waals surface area contributed by atoms with Crippen molar-refractivity contribution >= 4 is 0 Å². The molecule has 3 unspecified atom stereocenters. The van der Waals surface area contributed by atoms with Crippen molar-refractivity contribution in [1.29, 1.82) is 0 Å². The van der Waals surface area contributed by atoms with Gasteiger partial charge in [-0.3, -0.25) is 0 Å². The lowest BCUT2D eigenvalue weighted by Gasteiger charge is -2.44. The highest BCUT2D eigenvalue weighted by molar-refractivity contribution is 5.34. The highest BCUT2D eigenvalue weighted by atomic mass is 16.3. The largest absolute Gasteiger partial charge is 0.393 e. The van der Waals surface area contributed by atoms with Gasteiger partial charge in [-0.1, -0.05) is 18.6 Å². The Bertz CT molecular complexity index is 427. The van der Waals surface area contributed by atoms with E-state index in [0.29, 0.717) is 11.3 Å². The van der Waals surface area contributed by atoms with Crippen LogP contribution in [0.1, 0.15) is 78.6 Å². The molecule has 0 aliphatic heterocycles. The second-order valence-electron chi connectivity index (χ2n) is 8.78. The Morgan fingerprint density at radius 1 is 1.29 bits per heavy atom. The highest BCUT2D eigenvalue weighted by Crippen LogP contribution is 2.67. The number of rotatable bonds is 5. The fourth-order valence-electron chi connectivity index (χ4n) is 5.21. The first-order chi connectivity index (χ1) is 9.77. The summed E-state index contributed by atoms with van der Waals surface area (Å²) in [5, 5.41) is 20.3. The molecule has 2 nitrogen and oxygen atoms in total. The molecule has 3 rings (SSSR count). The van der Waals surface area contributed by atoms with Gasteiger partial charge in [0.15, 0.2) is 0 Å². The van der Waals surface area contributed by atoms with E-state index in [2.05, 4.69) is 13.0 Å². The number of allylic oxidation sites excluding steroid dienone is 2. The van der Waals surface area contributed by atoms with Crippen molar-refractivity contribution in [2.45, 2.75) is 90.3 Å². The Hall–Kier alpha value is -0.340. The van der Waals surface area contributed by atoms with Crippen molar-refractivity contribution in [1.82, 2.24) is 0 Å². The maximum atomic E-state index is 10.4. The topological polar surface area (TPSA) is 40.5 Å². The first-order valence-electron chi connectivity index (χ1n) is 8.89. The summed E-state index contributed by atoms with van der Waals surface area (Å²) in [4.78, 5) is 0. The fraction of sp³-hybridized carbons (Fsp3) is 0.895. The van der Waals surface area contributed by atoms with E-state index in [1.54, 1.807) is 5.57 Å². The van der Waals surface area contributed by atoms with E-state index in [4.69, 9.17) is 0 Å². The quantitative estimate of drug-likeness (QED) is 0.745. The van der Waals surface area contributed by atoms with Crippen molar-refractivity contribution < 1.29 is 10.2 Å². The van der Waals surface area contributed by atoms with E-state index in [9.17, 15) is 10.2 Å². The van der Waals surface area contributed by atoms with Crippen LogP contribution < -0.4 is 0 Å². The number of aliphatic hydroxyl groups excluding tert-OH is 1. The zero-order chi connectivity index (χ0) is 15.3. The third-order valence-corrected chi connectivity index (χ3v) is 6.54. The van der Waals surface area contributed by atoms with Crippen LogP contribution in [0.25, 0.3) is 0 Å².